The summed E-state index contributed by atoms with van der Waals surface area (Å²) in [5, 5.41) is 59.9. The van der Waals surface area contributed by atoms with Crippen molar-refractivity contribution in [3.63, 3.8) is 0 Å². The number of phenols is 5. The third kappa shape index (κ3) is 28.4. The van der Waals surface area contributed by atoms with E-state index in [1.807, 2.05) is 128 Å². The number of carbonyl (C=O) groups excluding carboxylic acids is 1. The van der Waals surface area contributed by atoms with Gasteiger partial charge in [-0.1, -0.05) is 347 Å². The molecule has 0 amide bonds. The molecule has 12 aromatic rings. The van der Waals surface area contributed by atoms with Crippen LogP contribution < -0.4 is 15.1 Å². The van der Waals surface area contributed by atoms with E-state index in [0.29, 0.717) is 35.1 Å². The molecule has 0 aliphatic heterocycles. The van der Waals surface area contributed by atoms with Crippen molar-refractivity contribution >= 4 is 88.1 Å². The average Bonchev–Trinajstić information content (AvgIpc) is 0.797. The van der Waals surface area contributed by atoms with Crippen LogP contribution in [0.3, 0.4) is 0 Å². The Morgan fingerprint density at radius 3 is 1.13 bits per heavy atom. The number of aryl methyl sites for hydroxylation is 3. The van der Waals surface area contributed by atoms with E-state index in [9.17, 15) is 30.3 Å². The minimum Gasteiger partial charge on any atom is -0.507 e. The summed E-state index contributed by atoms with van der Waals surface area (Å²) in [7, 11) is -0.209. The zero-order chi connectivity index (χ0) is 95.9. The van der Waals surface area contributed by atoms with Crippen LogP contribution in [0, 0.1) is 20.8 Å². The highest BCUT2D eigenvalue weighted by atomic mass is 31.1. The Hall–Kier alpha value is -11.1. The van der Waals surface area contributed by atoms with E-state index in [-0.39, 0.29) is 64.4 Å². The van der Waals surface area contributed by atoms with Crippen molar-refractivity contribution in [3.05, 3.63) is 313 Å². The molecule has 692 valence electrons. The van der Waals surface area contributed by atoms with Gasteiger partial charge < -0.3 is 35.3 Å². The first kappa shape index (κ1) is 106. The first-order valence-corrected chi connectivity index (χ1v) is 48.0. The Labute approximate surface area is 783 Å². The van der Waals surface area contributed by atoms with Gasteiger partial charge in [0.25, 0.3) is 0 Å². The lowest BCUT2D eigenvalue weighted by Gasteiger charge is -2.31. The number of carbonyl (C=O) groups is 1. The van der Waals surface area contributed by atoms with E-state index in [4.69, 9.17) is 4.99 Å². The molecule has 12 heteroatoms. The molecule has 0 spiro atoms. The summed E-state index contributed by atoms with van der Waals surface area (Å²) in [6.45, 7) is 70.2. The monoisotopic (exact) mass is 1770 g/mol. The number of aromatic hydroxyl groups is 5. The third-order valence-electron chi connectivity index (χ3n) is 23.4. The van der Waals surface area contributed by atoms with Crippen molar-refractivity contribution in [2.24, 2.45) is 15.0 Å². The second-order valence-electron chi connectivity index (χ2n) is 42.9. The second kappa shape index (κ2) is 44.2. The molecule has 0 saturated heterocycles. The number of aldehydes is 1. The predicted octanol–water partition coefficient (Wildman–Crippen LogP) is 31.5. The van der Waals surface area contributed by atoms with Crippen molar-refractivity contribution < 1.29 is 30.3 Å². The molecule has 0 heterocycles. The lowest BCUT2D eigenvalue weighted by Crippen LogP contribution is -2.26. The van der Waals surface area contributed by atoms with Crippen LogP contribution in [0.4, 0.5) is 28.4 Å². The van der Waals surface area contributed by atoms with Crippen molar-refractivity contribution in [1.82, 2.24) is 0 Å². The fraction of sp³-hybridized carbons (Fsp3) is 0.390. The molecular weight excluding hydrogens is 1610 g/mol. The molecule has 0 aliphatic carbocycles. The number of benzene rings is 12. The van der Waals surface area contributed by atoms with Crippen LogP contribution in [0.15, 0.2) is 233 Å². The number of nitrogens with zero attached hydrogens (tertiary/aromatic N) is 5. The topological polar surface area (TPSA) is 162 Å². The van der Waals surface area contributed by atoms with Crippen LogP contribution in [-0.2, 0) is 56.4 Å². The van der Waals surface area contributed by atoms with Crippen molar-refractivity contribution in [2.75, 3.05) is 36.2 Å². The van der Waals surface area contributed by atoms with E-state index in [0.717, 1.165) is 139 Å². The average molecular weight is 1770 g/mol. The van der Waals surface area contributed by atoms with E-state index < -0.39 is 0 Å². The van der Waals surface area contributed by atoms with Crippen molar-refractivity contribution in [3.8, 4) is 28.7 Å². The van der Waals surface area contributed by atoms with Crippen LogP contribution >= 0.6 is 7.92 Å². The van der Waals surface area contributed by atoms with Gasteiger partial charge in [-0.25, -0.2) is 0 Å². The molecule has 0 atom stereocenters. The van der Waals surface area contributed by atoms with E-state index in [1.165, 1.54) is 44.2 Å². The maximum atomic E-state index is 11.6. The smallest absolute Gasteiger partial charge is 0.152 e. The van der Waals surface area contributed by atoms with Crippen LogP contribution in [0.1, 0.15) is 300 Å². The highest BCUT2D eigenvalue weighted by Crippen LogP contribution is 2.45. The first-order valence-electron chi connectivity index (χ1n) is 45.8. The molecule has 0 unspecified atom stereocenters. The first-order chi connectivity index (χ1) is 60.1. The minimum absolute atomic E-state index is 0. The van der Waals surface area contributed by atoms with E-state index in [2.05, 4.69) is 324 Å². The quantitative estimate of drug-likeness (QED) is 0.0322. The van der Waals surface area contributed by atoms with Crippen molar-refractivity contribution in [1.29, 1.82) is 0 Å². The fourth-order valence-electron chi connectivity index (χ4n) is 15.4. The highest BCUT2D eigenvalue weighted by molar-refractivity contribution is 7.64. The lowest BCUT2D eigenvalue weighted by atomic mass is 9.79. The summed E-state index contributed by atoms with van der Waals surface area (Å²) < 4.78 is 0. The molecule has 12 aromatic carbocycles. The molecule has 0 saturated carbocycles. The van der Waals surface area contributed by atoms with E-state index in [1.54, 1.807) is 18.5 Å². The van der Waals surface area contributed by atoms with Gasteiger partial charge in [0.05, 0.1) is 17.1 Å². The van der Waals surface area contributed by atoms with Gasteiger partial charge in [-0.15, -0.1) is 0 Å². The number of hydrogen-bond donors (Lipinski definition) is 5. The third-order valence-corrected chi connectivity index (χ3v) is 24.8. The Morgan fingerprint density at radius 1 is 0.331 bits per heavy atom. The number of phenolic OH excluding ortho intramolecular Hbond substituents is 5. The summed E-state index contributed by atoms with van der Waals surface area (Å²) >= 11 is 0. The summed E-state index contributed by atoms with van der Waals surface area (Å²) in [6, 6.07) is 73.7. The molecule has 130 heavy (non-hydrogen) atoms. The van der Waals surface area contributed by atoms with Gasteiger partial charge in [0.1, 0.15) is 28.7 Å². The maximum absolute atomic E-state index is 11.6. The Kier molecular flexibility index (Phi) is 36.0. The van der Waals surface area contributed by atoms with Gasteiger partial charge in [-0.05, 0) is 223 Å². The standard InChI is InChI=1S/C26H31NO.C25H35NO2.C25H37NO.C22H29NO.C19H18NOP.CH4/c1-17-12-13-18-10-8-9-11-21(18)23(17)27-16-19-14-20(25(2,3)4)15-22(24(19)28)26(5,6)7;1-8-13-26(22-12-10-9-11-18(22)17-27)16-19-14-20(24(2,3)4)15-21(23(19)28)25(5,6)7;1-9-14-26(22-13-11-10-12-18(22)2)17-19-15-20(24(3,4)5)16-21(23(19)27)25(6,7)8;1-15-10-8-9-11-19(15)23-14-16-12-17(21(2,3)4)13-18(20(16)24)22(5,6)7;1-22(2)19-10-6-5-9-17(19)20-13-16-11-14-7-3-4-8-15(14)12-18(16)21;/h8-16,28H,1-7H3;9-12,14-15,17,28H,8,13,16H2,1-7H3;10-13,15-16,27H,9,14,17H2,1-8H3;8-14,24H,1-7H3;3-13,21H,1-2H3;1H4. The predicted molar refractivity (Wildman–Crippen MR) is 567 cm³/mol. The Balaban J connectivity index is 0.000000222. The zero-order valence-corrected chi connectivity index (χ0v) is 84.6. The molecule has 0 bridgehead atoms. The fourth-order valence-corrected chi connectivity index (χ4v) is 16.4. The van der Waals surface area contributed by atoms with Gasteiger partial charge in [0.2, 0.25) is 0 Å². The van der Waals surface area contributed by atoms with E-state index >= 15 is 0 Å². The largest absolute Gasteiger partial charge is 0.507 e. The molecule has 0 aliphatic rings. The van der Waals surface area contributed by atoms with Gasteiger partial charge in [0, 0.05) is 111 Å². The molecular formula is C118H154N5O6P. The van der Waals surface area contributed by atoms with Crippen molar-refractivity contribution in [2.45, 2.75) is 277 Å². The van der Waals surface area contributed by atoms with Gasteiger partial charge in [-0.2, -0.15) is 0 Å². The molecule has 0 aromatic heterocycles. The van der Waals surface area contributed by atoms with Crippen LogP contribution in [0.2, 0.25) is 0 Å². The van der Waals surface area contributed by atoms with Crippen LogP contribution in [0.25, 0.3) is 21.5 Å². The second-order valence-corrected chi connectivity index (χ2v) is 45.2. The number of anilines is 2. The summed E-state index contributed by atoms with van der Waals surface area (Å²) in [6.07, 6.45) is 8.28. The molecule has 5 N–H and O–H groups in total. The highest BCUT2D eigenvalue weighted by Gasteiger charge is 2.31. The molecule has 12 rings (SSSR count). The normalized spacial score (nSPS) is 12.2. The van der Waals surface area contributed by atoms with Crippen LogP contribution in [0.5, 0.6) is 28.7 Å². The molecule has 11 nitrogen and oxygen atoms in total. The van der Waals surface area contributed by atoms with Gasteiger partial charge in [0.15, 0.2) is 6.29 Å². The summed E-state index contributed by atoms with van der Waals surface area (Å²) in [5.41, 5.74) is 21.7. The summed E-state index contributed by atoms with van der Waals surface area (Å²) in [4.78, 5) is 30.2. The maximum Gasteiger partial charge on any atom is 0.152 e. The SMILES string of the molecule is C.CCCN(Cc1cc(C(C)(C)C)cc(C(C)(C)C)c1O)c1ccccc1C.CCCN(Cc1cc(C(C)(C)C)cc(C(C)(C)C)c1O)c1ccccc1C=O.CP(C)c1ccccc1N=Cc1cc2ccccc2cc1O.Cc1ccc2ccccc2c1N=Cc1cc(C(C)(C)C)cc(C(C)(C)C)c1O.Cc1ccccc1N=Cc1cc(C(C)(C)C)cc(C(C)(C)C)c1O. The number of fused-ring (bicyclic) bond motifs is 2. The molecule has 0 radical (unpaired) electrons. The van der Waals surface area contributed by atoms with Gasteiger partial charge in [-0.3, -0.25) is 19.8 Å². The lowest BCUT2D eigenvalue weighted by molar-refractivity contribution is 0.112. The number of rotatable bonds is 18. The number of hydrogen-bond acceptors (Lipinski definition) is 11. The number of para-hydroxylation sites is 4. The zero-order valence-electron chi connectivity index (χ0n) is 83.7. The minimum atomic E-state index is -0.209. The van der Waals surface area contributed by atoms with Gasteiger partial charge >= 0.3 is 0 Å². The number of aliphatic imine (C=N–C) groups is 3. The summed E-state index contributed by atoms with van der Waals surface area (Å²) in [5.74, 6) is 1.72. The Bertz CT molecular complexity index is 5930. The Morgan fingerprint density at radius 2 is 0.692 bits per heavy atom. The van der Waals surface area contributed by atoms with Crippen LogP contribution in [-0.4, -0.2) is 76.9 Å². The molecule has 0 fully saturated rings.